The molecule has 0 rings (SSSR count). The van der Waals surface area contributed by atoms with Crippen LogP contribution in [-0.4, -0.2) is 7.05 Å². The lowest BCUT2D eigenvalue weighted by molar-refractivity contribution is 0.893. The van der Waals surface area contributed by atoms with Crippen molar-refractivity contribution in [3.63, 3.8) is 0 Å². The van der Waals surface area contributed by atoms with Gasteiger partial charge in [-0.3, -0.25) is 0 Å². The van der Waals surface area contributed by atoms with Crippen LogP contribution < -0.4 is 11.1 Å². The molecule has 7 heavy (non-hydrogen) atoms. The van der Waals surface area contributed by atoms with Crippen LogP contribution in [0.4, 0.5) is 0 Å². The molecule has 0 aromatic rings. The third-order valence-corrected chi connectivity index (χ3v) is 0.903. The van der Waals surface area contributed by atoms with Crippen molar-refractivity contribution in [2.45, 2.75) is 13.3 Å². The average molecular weight is 100 g/mol. The maximum absolute atomic E-state index is 5.17. The quantitative estimate of drug-likeness (QED) is 0.527. The Bertz CT molecular complexity index is 60.5. The Labute approximate surface area is 44.4 Å². The second-order valence-electron chi connectivity index (χ2n) is 1.30. The normalized spacial score (nSPS) is 11.4. The molecule has 0 aromatic carbocycles. The molecule has 0 aromatic heterocycles. The highest BCUT2D eigenvalue weighted by Crippen LogP contribution is 1.87. The van der Waals surface area contributed by atoms with E-state index in [-0.39, 0.29) is 0 Å². The van der Waals surface area contributed by atoms with Crippen molar-refractivity contribution < 1.29 is 0 Å². The first-order valence-electron chi connectivity index (χ1n) is 2.43. The second-order valence-corrected chi connectivity index (χ2v) is 1.30. The Kier molecular flexibility index (Phi) is 3.19. The van der Waals surface area contributed by atoms with Crippen molar-refractivity contribution >= 4 is 0 Å². The predicted octanol–water partition coefficient (Wildman–Crippen LogP) is 0.416. The van der Waals surface area contributed by atoms with Gasteiger partial charge in [-0.15, -0.1) is 0 Å². The van der Waals surface area contributed by atoms with Crippen LogP contribution in [0.5, 0.6) is 0 Å². The minimum absolute atomic E-state index is 0.979. The standard InChI is InChI=1S/C5H12N2/c1-3-5(4-6)7-2/h4,7H,3,6H2,1-2H3/b5-4-. The molecule has 42 valence electrons. The van der Waals surface area contributed by atoms with Crippen molar-refractivity contribution in [1.82, 2.24) is 5.32 Å². The zero-order chi connectivity index (χ0) is 5.70. The Morgan fingerprint density at radius 1 is 1.86 bits per heavy atom. The lowest BCUT2D eigenvalue weighted by atomic mass is 10.4. The molecule has 0 radical (unpaired) electrons. The minimum atomic E-state index is 0.979. The Hall–Kier alpha value is -0.660. The summed E-state index contributed by atoms with van der Waals surface area (Å²) >= 11 is 0. The summed E-state index contributed by atoms with van der Waals surface area (Å²) in [7, 11) is 1.86. The Balaban J connectivity index is 3.38. The van der Waals surface area contributed by atoms with Crippen LogP contribution in [0.2, 0.25) is 0 Å². The van der Waals surface area contributed by atoms with Crippen LogP contribution in [0.15, 0.2) is 11.9 Å². The van der Waals surface area contributed by atoms with Gasteiger partial charge in [0.15, 0.2) is 0 Å². The molecule has 2 nitrogen and oxygen atoms in total. The maximum atomic E-state index is 5.17. The summed E-state index contributed by atoms with van der Waals surface area (Å²) in [5.41, 5.74) is 6.25. The molecule has 0 unspecified atom stereocenters. The van der Waals surface area contributed by atoms with E-state index in [2.05, 4.69) is 12.2 Å². The van der Waals surface area contributed by atoms with E-state index in [1.54, 1.807) is 6.20 Å². The molecule has 2 heteroatoms. The van der Waals surface area contributed by atoms with E-state index in [0.717, 1.165) is 12.1 Å². The summed E-state index contributed by atoms with van der Waals surface area (Å²) in [5.74, 6) is 0. The third kappa shape index (κ3) is 2.09. The van der Waals surface area contributed by atoms with Gasteiger partial charge in [0, 0.05) is 18.9 Å². The third-order valence-electron chi connectivity index (χ3n) is 0.903. The van der Waals surface area contributed by atoms with Crippen LogP contribution in [-0.2, 0) is 0 Å². The molecular formula is C5H12N2. The maximum Gasteiger partial charge on any atom is 0.0259 e. The first kappa shape index (κ1) is 6.34. The Morgan fingerprint density at radius 2 is 2.43 bits per heavy atom. The topological polar surface area (TPSA) is 38.0 Å². The first-order chi connectivity index (χ1) is 3.35. The number of allylic oxidation sites excluding steroid dienone is 1. The monoisotopic (exact) mass is 100 g/mol. The zero-order valence-electron chi connectivity index (χ0n) is 4.86. The average Bonchev–Trinajstić information content (AvgIpc) is 1.72. The Morgan fingerprint density at radius 3 is 2.43 bits per heavy atom. The highest BCUT2D eigenvalue weighted by molar-refractivity contribution is 4.93. The zero-order valence-corrected chi connectivity index (χ0v) is 4.86. The molecule has 0 heterocycles. The molecular weight excluding hydrogens is 88.1 g/mol. The molecule has 0 atom stereocenters. The minimum Gasteiger partial charge on any atom is -0.403 e. The number of rotatable bonds is 2. The SMILES string of the molecule is CC/C(=C/N)NC. The first-order valence-corrected chi connectivity index (χ1v) is 2.43. The van der Waals surface area contributed by atoms with E-state index in [9.17, 15) is 0 Å². The van der Waals surface area contributed by atoms with Gasteiger partial charge in [0.1, 0.15) is 0 Å². The molecule has 0 saturated carbocycles. The number of nitrogens with two attached hydrogens (primary N) is 1. The van der Waals surface area contributed by atoms with Gasteiger partial charge >= 0.3 is 0 Å². The van der Waals surface area contributed by atoms with Crippen LogP contribution in [0, 0.1) is 0 Å². The molecule has 0 amide bonds. The summed E-state index contributed by atoms with van der Waals surface area (Å²) in [4.78, 5) is 0. The van der Waals surface area contributed by atoms with Crippen molar-refractivity contribution in [2.75, 3.05) is 7.05 Å². The van der Waals surface area contributed by atoms with Crippen molar-refractivity contribution in [2.24, 2.45) is 5.73 Å². The van der Waals surface area contributed by atoms with Gasteiger partial charge in [-0.25, -0.2) is 0 Å². The molecule has 0 fully saturated rings. The van der Waals surface area contributed by atoms with Gasteiger partial charge in [-0.1, -0.05) is 6.92 Å². The number of nitrogens with one attached hydrogen (secondary N) is 1. The van der Waals surface area contributed by atoms with Gasteiger partial charge in [-0.05, 0) is 6.42 Å². The summed E-state index contributed by atoms with van der Waals surface area (Å²) in [6.07, 6.45) is 2.56. The van der Waals surface area contributed by atoms with Gasteiger partial charge in [0.25, 0.3) is 0 Å². The smallest absolute Gasteiger partial charge is 0.0259 e. The fourth-order valence-corrected chi connectivity index (χ4v) is 0.378. The fourth-order valence-electron chi connectivity index (χ4n) is 0.378. The van der Waals surface area contributed by atoms with Gasteiger partial charge in [0.2, 0.25) is 0 Å². The molecule has 0 bridgehead atoms. The van der Waals surface area contributed by atoms with Crippen LogP contribution in [0.25, 0.3) is 0 Å². The fraction of sp³-hybridized carbons (Fsp3) is 0.600. The lowest BCUT2D eigenvalue weighted by Gasteiger charge is -1.97. The highest BCUT2D eigenvalue weighted by Gasteiger charge is 1.80. The number of hydrogen-bond acceptors (Lipinski definition) is 2. The second kappa shape index (κ2) is 3.53. The summed E-state index contributed by atoms with van der Waals surface area (Å²) in [6.45, 7) is 2.05. The van der Waals surface area contributed by atoms with Crippen molar-refractivity contribution in [3.05, 3.63) is 11.9 Å². The molecule has 3 N–H and O–H groups in total. The summed E-state index contributed by atoms with van der Waals surface area (Å²) < 4.78 is 0. The predicted molar refractivity (Wildman–Crippen MR) is 31.6 cm³/mol. The largest absolute Gasteiger partial charge is 0.403 e. The summed E-state index contributed by atoms with van der Waals surface area (Å²) in [5, 5.41) is 2.94. The van der Waals surface area contributed by atoms with Gasteiger partial charge in [-0.2, -0.15) is 0 Å². The molecule has 0 saturated heterocycles. The molecule has 0 spiro atoms. The van der Waals surface area contributed by atoms with E-state index in [4.69, 9.17) is 5.73 Å². The van der Waals surface area contributed by atoms with Crippen molar-refractivity contribution in [1.29, 1.82) is 0 Å². The lowest BCUT2D eigenvalue weighted by Crippen LogP contribution is -2.06. The number of hydrogen-bond donors (Lipinski definition) is 2. The van der Waals surface area contributed by atoms with Gasteiger partial charge < -0.3 is 11.1 Å². The van der Waals surface area contributed by atoms with Crippen LogP contribution in [0.1, 0.15) is 13.3 Å². The molecule has 0 aliphatic rings. The summed E-state index contributed by atoms with van der Waals surface area (Å²) in [6, 6.07) is 0. The van der Waals surface area contributed by atoms with E-state index in [1.807, 2.05) is 7.05 Å². The van der Waals surface area contributed by atoms with Crippen molar-refractivity contribution in [3.8, 4) is 0 Å². The van der Waals surface area contributed by atoms with Crippen LogP contribution in [0.3, 0.4) is 0 Å². The van der Waals surface area contributed by atoms with E-state index in [1.165, 1.54) is 0 Å². The highest BCUT2D eigenvalue weighted by atomic mass is 14.8. The van der Waals surface area contributed by atoms with E-state index >= 15 is 0 Å². The molecule has 0 aliphatic carbocycles. The molecule has 0 aliphatic heterocycles. The van der Waals surface area contributed by atoms with E-state index in [0.29, 0.717) is 0 Å². The van der Waals surface area contributed by atoms with Crippen LogP contribution >= 0.6 is 0 Å². The van der Waals surface area contributed by atoms with Gasteiger partial charge in [0.05, 0.1) is 0 Å². The van der Waals surface area contributed by atoms with E-state index < -0.39 is 0 Å².